The molecule has 1 saturated carbocycles. The van der Waals surface area contributed by atoms with Crippen molar-refractivity contribution in [3.8, 4) is 0 Å². The van der Waals surface area contributed by atoms with Gasteiger partial charge in [0.05, 0.1) is 6.54 Å². The lowest BCUT2D eigenvalue weighted by atomic mass is 10.1. The Bertz CT molecular complexity index is 580. The van der Waals surface area contributed by atoms with Gasteiger partial charge in [-0.1, -0.05) is 31.7 Å². The zero-order chi connectivity index (χ0) is 17.4. The Balaban J connectivity index is 1.72. The van der Waals surface area contributed by atoms with Crippen molar-refractivity contribution in [2.75, 3.05) is 13.1 Å². The van der Waals surface area contributed by atoms with E-state index in [0.29, 0.717) is 36.2 Å². The van der Waals surface area contributed by atoms with Gasteiger partial charge in [-0.15, -0.1) is 0 Å². The van der Waals surface area contributed by atoms with Crippen LogP contribution in [0.4, 0.5) is 4.39 Å². The van der Waals surface area contributed by atoms with Gasteiger partial charge in [0.15, 0.2) is 5.96 Å². The quantitative estimate of drug-likeness (QED) is 0.335. The molecule has 0 atom stereocenters. The third kappa shape index (κ3) is 5.83. The number of guanidine groups is 1. The van der Waals surface area contributed by atoms with E-state index in [0.717, 1.165) is 12.8 Å². The summed E-state index contributed by atoms with van der Waals surface area (Å²) < 4.78 is 13.5. The lowest BCUT2D eigenvalue weighted by molar-refractivity contribution is 0.0954. The van der Waals surface area contributed by atoms with Crippen molar-refractivity contribution in [1.29, 1.82) is 0 Å². The first-order chi connectivity index (χ1) is 11.6. The number of nitrogens with one attached hydrogen (secondary N) is 2. The average molecular weight is 334 g/mol. The molecule has 0 aliphatic heterocycles. The number of halogens is 1. The van der Waals surface area contributed by atoms with Gasteiger partial charge in [0.25, 0.3) is 5.91 Å². The molecule has 1 aromatic carbocycles. The number of amides is 1. The fourth-order valence-corrected chi connectivity index (χ4v) is 2.86. The Morgan fingerprint density at radius 1 is 1.29 bits per heavy atom. The summed E-state index contributed by atoms with van der Waals surface area (Å²) >= 11 is 0. The smallest absolute Gasteiger partial charge is 0.251 e. The summed E-state index contributed by atoms with van der Waals surface area (Å²) in [6.07, 6.45) is 7.31. The normalized spacial score (nSPS) is 16.5. The minimum Gasteiger partial charge on any atom is -0.370 e. The van der Waals surface area contributed by atoms with Crippen LogP contribution in [0.2, 0.25) is 0 Å². The van der Waals surface area contributed by atoms with Crippen molar-refractivity contribution in [1.82, 2.24) is 10.6 Å². The highest BCUT2D eigenvalue weighted by molar-refractivity contribution is 5.94. The molecule has 1 amide bonds. The molecule has 6 heteroatoms. The molecule has 0 unspecified atom stereocenters. The maximum Gasteiger partial charge on any atom is 0.251 e. The largest absolute Gasteiger partial charge is 0.370 e. The van der Waals surface area contributed by atoms with Crippen LogP contribution in [0.25, 0.3) is 0 Å². The molecule has 1 aliphatic rings. The lowest BCUT2D eigenvalue weighted by Gasteiger charge is -2.16. The minimum absolute atomic E-state index is 0.306. The van der Waals surface area contributed by atoms with Crippen molar-refractivity contribution >= 4 is 11.9 Å². The van der Waals surface area contributed by atoms with E-state index in [1.807, 2.05) is 0 Å². The van der Waals surface area contributed by atoms with Crippen molar-refractivity contribution in [2.45, 2.75) is 51.5 Å². The second-order valence-corrected chi connectivity index (χ2v) is 6.32. The molecule has 0 radical (unpaired) electrons. The maximum atomic E-state index is 13.5. The number of nitrogens with two attached hydrogens (primary N) is 1. The molecule has 0 aromatic heterocycles. The number of rotatable bonds is 5. The topological polar surface area (TPSA) is 79.5 Å². The highest BCUT2D eigenvalue weighted by atomic mass is 19.1. The van der Waals surface area contributed by atoms with Crippen LogP contribution in [0.5, 0.6) is 0 Å². The van der Waals surface area contributed by atoms with Crippen LogP contribution >= 0.6 is 0 Å². The zero-order valence-electron chi connectivity index (χ0n) is 14.3. The van der Waals surface area contributed by atoms with E-state index in [1.54, 1.807) is 19.1 Å². The van der Waals surface area contributed by atoms with Gasteiger partial charge in [-0.2, -0.15) is 0 Å². The number of carbonyl (C=O) groups excluding carboxylic acids is 1. The molecule has 1 fully saturated rings. The summed E-state index contributed by atoms with van der Waals surface area (Å²) in [6, 6.07) is 4.85. The summed E-state index contributed by atoms with van der Waals surface area (Å²) in [5.74, 6) is -0.255. The van der Waals surface area contributed by atoms with E-state index in [-0.39, 0.29) is 11.7 Å². The van der Waals surface area contributed by atoms with Gasteiger partial charge in [0, 0.05) is 18.2 Å². The SMILES string of the molecule is Cc1ccc(C(=O)NCCN=C(N)NC2CCCCCC2)cc1F. The zero-order valence-corrected chi connectivity index (χ0v) is 14.3. The second kappa shape index (κ2) is 9.25. The number of aryl methyl sites for hydroxylation is 1. The summed E-state index contributed by atoms with van der Waals surface area (Å²) in [5, 5.41) is 5.98. The van der Waals surface area contributed by atoms with Gasteiger partial charge < -0.3 is 16.4 Å². The summed E-state index contributed by atoms with van der Waals surface area (Å²) in [6.45, 7) is 2.42. The van der Waals surface area contributed by atoms with Gasteiger partial charge in [-0.25, -0.2) is 4.39 Å². The number of aliphatic imine (C=N–C) groups is 1. The van der Waals surface area contributed by atoms with Crippen LogP contribution in [0.15, 0.2) is 23.2 Å². The number of hydrogen-bond donors (Lipinski definition) is 3. The Labute approximate surface area is 142 Å². The van der Waals surface area contributed by atoms with Gasteiger partial charge in [-0.3, -0.25) is 9.79 Å². The summed E-state index contributed by atoms with van der Waals surface area (Å²) in [7, 11) is 0. The van der Waals surface area contributed by atoms with Crippen LogP contribution in [0, 0.1) is 12.7 Å². The van der Waals surface area contributed by atoms with E-state index in [1.165, 1.54) is 31.7 Å². The monoisotopic (exact) mass is 334 g/mol. The molecule has 5 nitrogen and oxygen atoms in total. The Morgan fingerprint density at radius 3 is 2.67 bits per heavy atom. The van der Waals surface area contributed by atoms with E-state index in [2.05, 4.69) is 15.6 Å². The molecule has 2 rings (SSSR count). The van der Waals surface area contributed by atoms with Gasteiger partial charge in [0.2, 0.25) is 0 Å². The van der Waals surface area contributed by atoms with E-state index >= 15 is 0 Å². The number of hydrogen-bond acceptors (Lipinski definition) is 2. The second-order valence-electron chi connectivity index (χ2n) is 6.32. The van der Waals surface area contributed by atoms with Gasteiger partial charge in [-0.05, 0) is 37.5 Å². The first kappa shape index (κ1) is 18.2. The van der Waals surface area contributed by atoms with Crippen molar-refractivity contribution in [3.63, 3.8) is 0 Å². The van der Waals surface area contributed by atoms with Crippen LogP contribution in [-0.4, -0.2) is 31.0 Å². The fraction of sp³-hybridized carbons (Fsp3) is 0.556. The first-order valence-corrected chi connectivity index (χ1v) is 8.67. The average Bonchev–Trinajstić information content (AvgIpc) is 2.82. The van der Waals surface area contributed by atoms with Crippen LogP contribution in [0.1, 0.15) is 54.4 Å². The van der Waals surface area contributed by atoms with Crippen molar-refractivity contribution < 1.29 is 9.18 Å². The van der Waals surface area contributed by atoms with E-state index in [9.17, 15) is 9.18 Å². The Kier molecular flexibility index (Phi) is 7.03. The molecule has 0 bridgehead atoms. The van der Waals surface area contributed by atoms with Crippen molar-refractivity contribution in [3.05, 3.63) is 35.1 Å². The third-order valence-electron chi connectivity index (χ3n) is 4.32. The lowest BCUT2D eigenvalue weighted by Crippen LogP contribution is -2.40. The number of carbonyl (C=O) groups is 1. The third-order valence-corrected chi connectivity index (χ3v) is 4.32. The molecule has 132 valence electrons. The van der Waals surface area contributed by atoms with Crippen molar-refractivity contribution in [2.24, 2.45) is 10.7 Å². The standard InChI is InChI=1S/C18H27FN4O/c1-13-8-9-14(12-16(13)19)17(24)21-10-11-22-18(20)23-15-6-4-2-3-5-7-15/h8-9,12,15H,2-7,10-11H2,1H3,(H,21,24)(H3,20,22,23). The highest BCUT2D eigenvalue weighted by Gasteiger charge is 2.12. The summed E-state index contributed by atoms with van der Waals surface area (Å²) in [5.41, 5.74) is 6.73. The van der Waals surface area contributed by atoms with Crippen LogP contribution in [0.3, 0.4) is 0 Å². The molecule has 0 saturated heterocycles. The molecule has 0 heterocycles. The number of nitrogens with zero attached hydrogens (tertiary/aromatic N) is 1. The van der Waals surface area contributed by atoms with Crippen LogP contribution < -0.4 is 16.4 Å². The molecule has 1 aliphatic carbocycles. The molecular weight excluding hydrogens is 307 g/mol. The molecular formula is C18H27FN4O. The minimum atomic E-state index is -0.377. The Morgan fingerprint density at radius 2 is 2.00 bits per heavy atom. The molecule has 1 aromatic rings. The molecule has 0 spiro atoms. The fourth-order valence-electron chi connectivity index (χ4n) is 2.86. The van der Waals surface area contributed by atoms with Crippen LogP contribution in [-0.2, 0) is 0 Å². The van der Waals surface area contributed by atoms with Gasteiger partial charge in [0.1, 0.15) is 5.82 Å². The number of benzene rings is 1. The van der Waals surface area contributed by atoms with E-state index in [4.69, 9.17) is 5.73 Å². The Hall–Kier alpha value is -2.11. The summed E-state index contributed by atoms with van der Waals surface area (Å²) in [4.78, 5) is 16.2. The van der Waals surface area contributed by atoms with E-state index < -0.39 is 0 Å². The molecule has 24 heavy (non-hydrogen) atoms. The first-order valence-electron chi connectivity index (χ1n) is 8.67. The highest BCUT2D eigenvalue weighted by Crippen LogP contribution is 2.16. The maximum absolute atomic E-state index is 13.5. The predicted molar refractivity (Wildman–Crippen MR) is 94.6 cm³/mol. The molecule has 4 N–H and O–H groups in total. The predicted octanol–water partition coefficient (Wildman–Crippen LogP) is 2.49. The van der Waals surface area contributed by atoms with Gasteiger partial charge >= 0.3 is 0 Å².